The van der Waals surface area contributed by atoms with E-state index in [1.165, 1.54) is 23.2 Å². The molecule has 1 rings (SSSR count). The Morgan fingerprint density at radius 1 is 1.56 bits per heavy atom. The highest BCUT2D eigenvalue weighted by Gasteiger charge is 2.26. The normalized spacial score (nSPS) is 13.7. The highest BCUT2D eigenvalue weighted by Crippen LogP contribution is 2.10. The van der Waals surface area contributed by atoms with Gasteiger partial charge in [-0.2, -0.15) is 0 Å². The predicted octanol–water partition coefficient (Wildman–Crippen LogP) is 0.723. The molecule has 1 heterocycles. The molecule has 0 bridgehead atoms. The summed E-state index contributed by atoms with van der Waals surface area (Å²) in [5.41, 5.74) is 0. The van der Waals surface area contributed by atoms with Crippen molar-refractivity contribution in [2.45, 2.75) is 25.6 Å². The molecular weight excluding hydrogens is 256 g/mol. The molecule has 0 radical (unpaired) electrons. The van der Waals surface area contributed by atoms with Crippen molar-refractivity contribution in [1.82, 2.24) is 10.2 Å². The molecular formula is C11H16N2O4S. The number of rotatable bonds is 5. The van der Waals surface area contributed by atoms with Crippen LogP contribution < -0.4 is 5.32 Å². The van der Waals surface area contributed by atoms with Gasteiger partial charge < -0.3 is 20.4 Å². The number of aliphatic hydroxyl groups excluding tert-OH is 1. The van der Waals surface area contributed by atoms with Crippen molar-refractivity contribution in [2.24, 2.45) is 0 Å². The number of hydrogen-bond donors (Lipinski definition) is 3. The fraction of sp³-hybridized carbons (Fsp3) is 0.455. The van der Waals surface area contributed by atoms with Gasteiger partial charge in [-0.3, -0.25) is 0 Å². The molecule has 0 aliphatic rings. The number of carboxylic acid groups (broad SMARTS) is 1. The van der Waals surface area contributed by atoms with Crippen molar-refractivity contribution in [1.29, 1.82) is 0 Å². The summed E-state index contributed by atoms with van der Waals surface area (Å²) in [6.45, 7) is 1.72. The van der Waals surface area contributed by atoms with Crippen molar-refractivity contribution in [2.75, 3.05) is 7.05 Å². The van der Waals surface area contributed by atoms with Crippen LogP contribution in [0.15, 0.2) is 17.5 Å². The minimum atomic E-state index is -1.30. The Bertz CT molecular complexity index is 405. The minimum Gasteiger partial charge on any atom is -0.480 e. The van der Waals surface area contributed by atoms with Crippen LogP contribution in [-0.2, 0) is 11.3 Å². The largest absolute Gasteiger partial charge is 0.480 e. The quantitative estimate of drug-likeness (QED) is 0.737. The summed E-state index contributed by atoms with van der Waals surface area (Å²) in [6, 6.07) is 1.93. The van der Waals surface area contributed by atoms with Crippen molar-refractivity contribution in [3.05, 3.63) is 22.4 Å². The third kappa shape index (κ3) is 4.01. The van der Waals surface area contributed by atoms with Crippen LogP contribution in [0.4, 0.5) is 4.79 Å². The van der Waals surface area contributed by atoms with Gasteiger partial charge in [-0.1, -0.05) is 6.07 Å². The summed E-state index contributed by atoms with van der Waals surface area (Å²) >= 11 is 1.51. The number of carbonyl (C=O) groups excluding carboxylic acids is 1. The van der Waals surface area contributed by atoms with Crippen molar-refractivity contribution < 1.29 is 19.8 Å². The van der Waals surface area contributed by atoms with Gasteiger partial charge in [0.2, 0.25) is 0 Å². The van der Waals surface area contributed by atoms with Crippen LogP contribution in [0.2, 0.25) is 0 Å². The molecule has 0 saturated heterocycles. The number of nitrogens with one attached hydrogen (secondary N) is 1. The van der Waals surface area contributed by atoms with Gasteiger partial charge in [0, 0.05) is 11.9 Å². The molecule has 1 aromatic rings. The zero-order valence-corrected chi connectivity index (χ0v) is 11.0. The first-order chi connectivity index (χ1) is 8.41. The summed E-state index contributed by atoms with van der Waals surface area (Å²) in [7, 11) is 1.57. The molecule has 0 aliphatic carbocycles. The number of carboxylic acids is 1. The second-order valence-electron chi connectivity index (χ2n) is 3.94. The van der Waals surface area contributed by atoms with Crippen molar-refractivity contribution in [3.8, 4) is 0 Å². The van der Waals surface area contributed by atoms with E-state index in [-0.39, 0.29) is 0 Å². The number of aliphatic carboxylic acids is 1. The lowest BCUT2D eigenvalue weighted by molar-refractivity contribution is -0.141. The molecule has 0 aliphatic heterocycles. The summed E-state index contributed by atoms with van der Waals surface area (Å²) in [5.74, 6) is -1.26. The average Bonchev–Trinajstić information content (AvgIpc) is 2.77. The fourth-order valence-corrected chi connectivity index (χ4v) is 2.10. The first kappa shape index (κ1) is 14.5. The molecule has 7 heteroatoms. The summed E-state index contributed by atoms with van der Waals surface area (Å²) in [5, 5.41) is 22.3. The van der Waals surface area contributed by atoms with Crippen LogP contribution in [0, 0.1) is 0 Å². The van der Waals surface area contributed by atoms with Gasteiger partial charge in [0.1, 0.15) is 0 Å². The molecule has 2 unspecified atom stereocenters. The Hall–Kier alpha value is -1.60. The van der Waals surface area contributed by atoms with E-state index in [0.717, 1.165) is 4.88 Å². The molecule has 18 heavy (non-hydrogen) atoms. The van der Waals surface area contributed by atoms with Crippen LogP contribution in [0.1, 0.15) is 11.8 Å². The highest BCUT2D eigenvalue weighted by atomic mass is 32.1. The molecule has 1 aromatic heterocycles. The average molecular weight is 272 g/mol. The molecule has 0 aromatic carbocycles. The lowest BCUT2D eigenvalue weighted by atomic mass is 10.2. The molecule has 2 atom stereocenters. The van der Waals surface area contributed by atoms with E-state index in [0.29, 0.717) is 6.54 Å². The third-order valence-electron chi connectivity index (χ3n) is 2.35. The number of aliphatic hydroxyl groups is 1. The third-order valence-corrected chi connectivity index (χ3v) is 3.21. The zero-order valence-electron chi connectivity index (χ0n) is 10.2. The second-order valence-corrected chi connectivity index (χ2v) is 4.97. The maximum atomic E-state index is 11.7. The second kappa shape index (κ2) is 6.36. The number of nitrogens with zero attached hydrogens (tertiary/aromatic N) is 1. The molecule has 6 nitrogen and oxygen atoms in total. The first-order valence-electron chi connectivity index (χ1n) is 5.36. The molecule has 3 N–H and O–H groups in total. The van der Waals surface area contributed by atoms with Gasteiger partial charge in [-0.05, 0) is 18.4 Å². The Kier molecular flexibility index (Phi) is 5.11. The molecule has 0 spiro atoms. The first-order valence-corrected chi connectivity index (χ1v) is 6.24. The number of carbonyl (C=O) groups is 2. The maximum absolute atomic E-state index is 11.7. The van der Waals surface area contributed by atoms with Crippen LogP contribution >= 0.6 is 11.3 Å². The van der Waals surface area contributed by atoms with Gasteiger partial charge in [0.25, 0.3) is 0 Å². The predicted molar refractivity (Wildman–Crippen MR) is 67.4 cm³/mol. The smallest absolute Gasteiger partial charge is 0.328 e. The number of urea groups is 1. The molecule has 0 saturated carbocycles. The van der Waals surface area contributed by atoms with E-state index in [2.05, 4.69) is 5.32 Å². The monoisotopic (exact) mass is 272 g/mol. The molecule has 100 valence electrons. The summed E-state index contributed by atoms with van der Waals surface area (Å²) in [4.78, 5) is 24.9. The Labute approximate surface area is 109 Å². The lowest BCUT2D eigenvalue weighted by Gasteiger charge is -2.22. The SMILES string of the molecule is CC(O)C(NC(=O)N(C)Cc1cccs1)C(=O)O. The van der Waals surface area contributed by atoms with Gasteiger partial charge in [-0.15, -0.1) is 11.3 Å². The van der Waals surface area contributed by atoms with E-state index in [1.807, 2.05) is 17.5 Å². The fourth-order valence-electron chi connectivity index (χ4n) is 1.34. The van der Waals surface area contributed by atoms with Crippen LogP contribution in [-0.4, -0.2) is 46.3 Å². The zero-order chi connectivity index (χ0) is 13.7. The van der Waals surface area contributed by atoms with E-state index in [4.69, 9.17) is 5.11 Å². The number of thiophene rings is 1. The van der Waals surface area contributed by atoms with Crippen LogP contribution in [0.25, 0.3) is 0 Å². The summed E-state index contributed by atoms with van der Waals surface area (Å²) in [6.07, 6.45) is -1.15. The van der Waals surface area contributed by atoms with E-state index in [9.17, 15) is 14.7 Å². The Balaban J connectivity index is 2.56. The van der Waals surface area contributed by atoms with Crippen LogP contribution in [0.3, 0.4) is 0 Å². The molecule has 2 amide bonds. The lowest BCUT2D eigenvalue weighted by Crippen LogP contribution is -2.51. The van der Waals surface area contributed by atoms with Gasteiger partial charge in [0.05, 0.1) is 12.6 Å². The number of amides is 2. The van der Waals surface area contributed by atoms with E-state index < -0.39 is 24.1 Å². The van der Waals surface area contributed by atoms with Crippen molar-refractivity contribution >= 4 is 23.3 Å². The standard InChI is InChI=1S/C11H16N2O4S/c1-7(14)9(10(15)16)12-11(17)13(2)6-8-4-3-5-18-8/h3-5,7,9,14H,6H2,1-2H3,(H,12,17)(H,15,16). The molecule has 0 fully saturated rings. The van der Waals surface area contributed by atoms with Gasteiger partial charge in [-0.25, -0.2) is 9.59 Å². The maximum Gasteiger partial charge on any atom is 0.328 e. The Morgan fingerprint density at radius 3 is 2.67 bits per heavy atom. The number of hydrogen-bond acceptors (Lipinski definition) is 4. The van der Waals surface area contributed by atoms with Gasteiger partial charge >= 0.3 is 12.0 Å². The Morgan fingerprint density at radius 2 is 2.22 bits per heavy atom. The van der Waals surface area contributed by atoms with E-state index in [1.54, 1.807) is 7.05 Å². The van der Waals surface area contributed by atoms with Crippen molar-refractivity contribution in [3.63, 3.8) is 0 Å². The van der Waals surface area contributed by atoms with E-state index >= 15 is 0 Å². The van der Waals surface area contributed by atoms with Gasteiger partial charge in [0.15, 0.2) is 6.04 Å². The highest BCUT2D eigenvalue weighted by molar-refractivity contribution is 7.09. The minimum absolute atomic E-state index is 0.398. The topological polar surface area (TPSA) is 89.9 Å². The van der Waals surface area contributed by atoms with Crippen LogP contribution in [0.5, 0.6) is 0 Å². The summed E-state index contributed by atoms with van der Waals surface area (Å²) < 4.78 is 0.